The van der Waals surface area contributed by atoms with Gasteiger partial charge >= 0.3 is 0 Å². The SMILES string of the molecule is COc1c(C)cc(C#CCCCc2nnc(C)o2)cc1C(=O)SC. The van der Waals surface area contributed by atoms with Gasteiger partial charge < -0.3 is 9.15 Å². The molecular weight excluding hydrogens is 324 g/mol. The van der Waals surface area contributed by atoms with E-state index in [1.54, 1.807) is 26.4 Å². The Labute approximate surface area is 146 Å². The standard InChI is InChI=1S/C18H20N2O3S/c1-12-10-14(11-15(17(12)22-3)18(21)24-4)8-6-5-7-9-16-20-19-13(2)23-16/h10-11H,5,7,9H2,1-4H3. The summed E-state index contributed by atoms with van der Waals surface area (Å²) in [6.07, 6.45) is 4.04. The van der Waals surface area contributed by atoms with Crippen molar-refractivity contribution in [2.45, 2.75) is 33.1 Å². The number of methoxy groups -OCH3 is 1. The highest BCUT2D eigenvalue weighted by molar-refractivity contribution is 8.13. The van der Waals surface area contributed by atoms with Gasteiger partial charge in [0.05, 0.1) is 12.7 Å². The van der Waals surface area contributed by atoms with E-state index in [4.69, 9.17) is 9.15 Å². The maximum Gasteiger partial charge on any atom is 0.222 e. The molecule has 0 aliphatic carbocycles. The van der Waals surface area contributed by atoms with Crippen LogP contribution in [0.3, 0.4) is 0 Å². The van der Waals surface area contributed by atoms with Gasteiger partial charge in [-0.25, -0.2) is 0 Å². The minimum absolute atomic E-state index is 0.0228. The predicted octanol–water partition coefficient (Wildman–Crippen LogP) is 3.57. The Hall–Kier alpha value is -2.26. The molecule has 0 N–H and O–H groups in total. The molecule has 0 bridgehead atoms. The number of nitrogens with zero attached hydrogens (tertiary/aromatic N) is 2. The first-order valence-corrected chi connectivity index (χ1v) is 8.82. The van der Waals surface area contributed by atoms with Crippen molar-refractivity contribution in [2.24, 2.45) is 0 Å². The highest BCUT2D eigenvalue weighted by Crippen LogP contribution is 2.27. The lowest BCUT2D eigenvalue weighted by atomic mass is 10.1. The Kier molecular flexibility index (Phi) is 6.44. The number of aryl methyl sites for hydroxylation is 3. The van der Waals surface area contributed by atoms with E-state index in [9.17, 15) is 4.79 Å². The summed E-state index contributed by atoms with van der Waals surface area (Å²) in [6, 6.07) is 3.73. The molecular formula is C18H20N2O3S. The summed E-state index contributed by atoms with van der Waals surface area (Å²) in [5.41, 5.74) is 2.29. The second-order valence-electron chi connectivity index (χ2n) is 5.24. The third-order valence-electron chi connectivity index (χ3n) is 3.38. The molecule has 0 fully saturated rings. The van der Waals surface area contributed by atoms with Crippen molar-refractivity contribution in [3.05, 3.63) is 40.6 Å². The Morgan fingerprint density at radius 1 is 1.33 bits per heavy atom. The number of aromatic nitrogens is 2. The minimum atomic E-state index is -0.0228. The van der Waals surface area contributed by atoms with E-state index in [0.717, 1.165) is 24.0 Å². The molecule has 126 valence electrons. The van der Waals surface area contributed by atoms with Crippen LogP contribution in [0.1, 0.15) is 46.1 Å². The van der Waals surface area contributed by atoms with E-state index >= 15 is 0 Å². The summed E-state index contributed by atoms with van der Waals surface area (Å²) in [7, 11) is 1.57. The van der Waals surface area contributed by atoms with Crippen LogP contribution >= 0.6 is 11.8 Å². The number of ether oxygens (including phenoxy) is 1. The van der Waals surface area contributed by atoms with Gasteiger partial charge in [0.15, 0.2) is 0 Å². The van der Waals surface area contributed by atoms with Crippen LogP contribution in [0.5, 0.6) is 5.75 Å². The van der Waals surface area contributed by atoms with Crippen molar-refractivity contribution < 1.29 is 13.9 Å². The lowest BCUT2D eigenvalue weighted by Crippen LogP contribution is -2.00. The van der Waals surface area contributed by atoms with Crippen LogP contribution in [0.2, 0.25) is 0 Å². The van der Waals surface area contributed by atoms with Crippen molar-refractivity contribution in [1.29, 1.82) is 0 Å². The van der Waals surface area contributed by atoms with Gasteiger partial charge in [0.2, 0.25) is 16.9 Å². The Morgan fingerprint density at radius 3 is 2.75 bits per heavy atom. The van der Waals surface area contributed by atoms with Crippen molar-refractivity contribution >= 4 is 16.9 Å². The highest BCUT2D eigenvalue weighted by Gasteiger charge is 2.14. The largest absolute Gasteiger partial charge is 0.496 e. The van der Waals surface area contributed by atoms with E-state index in [-0.39, 0.29) is 5.12 Å². The molecule has 0 spiro atoms. The van der Waals surface area contributed by atoms with Crippen LogP contribution < -0.4 is 4.74 Å². The van der Waals surface area contributed by atoms with E-state index in [1.165, 1.54) is 11.8 Å². The topological polar surface area (TPSA) is 65.2 Å². The van der Waals surface area contributed by atoms with Crippen molar-refractivity contribution in [2.75, 3.05) is 13.4 Å². The molecule has 24 heavy (non-hydrogen) atoms. The summed E-state index contributed by atoms with van der Waals surface area (Å²) in [6.45, 7) is 3.69. The number of carbonyl (C=O) groups is 1. The smallest absolute Gasteiger partial charge is 0.222 e. The number of unbranched alkanes of at least 4 members (excludes halogenated alkanes) is 1. The number of benzene rings is 1. The van der Waals surface area contributed by atoms with Crippen molar-refractivity contribution in [3.63, 3.8) is 0 Å². The summed E-state index contributed by atoms with van der Waals surface area (Å²) < 4.78 is 10.7. The van der Waals surface area contributed by atoms with Gasteiger partial charge in [-0.3, -0.25) is 4.79 Å². The molecule has 2 rings (SSSR count). The van der Waals surface area contributed by atoms with Gasteiger partial charge in [0.25, 0.3) is 0 Å². The molecule has 1 heterocycles. The van der Waals surface area contributed by atoms with Gasteiger partial charge in [-0.05, 0) is 37.3 Å². The molecule has 6 heteroatoms. The first-order valence-electron chi connectivity index (χ1n) is 7.60. The van der Waals surface area contributed by atoms with Gasteiger partial charge in [0.1, 0.15) is 5.75 Å². The zero-order valence-corrected chi connectivity index (χ0v) is 15.1. The van der Waals surface area contributed by atoms with Crippen molar-refractivity contribution in [3.8, 4) is 17.6 Å². The van der Waals surface area contributed by atoms with Gasteiger partial charge in [-0.2, -0.15) is 0 Å². The molecule has 0 amide bonds. The number of carbonyl (C=O) groups excluding carboxylic acids is 1. The molecule has 0 atom stereocenters. The van der Waals surface area contributed by atoms with E-state index in [0.29, 0.717) is 29.5 Å². The zero-order chi connectivity index (χ0) is 17.5. The molecule has 0 saturated heterocycles. The third kappa shape index (κ3) is 4.62. The van der Waals surface area contributed by atoms with Crippen LogP contribution in [0.15, 0.2) is 16.5 Å². The fraction of sp³-hybridized carbons (Fsp3) is 0.389. The fourth-order valence-electron chi connectivity index (χ4n) is 2.31. The average molecular weight is 344 g/mol. The van der Waals surface area contributed by atoms with Crippen LogP contribution in [-0.4, -0.2) is 28.7 Å². The van der Waals surface area contributed by atoms with Crippen LogP contribution in [-0.2, 0) is 6.42 Å². The number of rotatable bonds is 5. The van der Waals surface area contributed by atoms with E-state index in [2.05, 4.69) is 22.0 Å². The Balaban J connectivity index is 2.04. The second kappa shape index (κ2) is 8.55. The normalized spacial score (nSPS) is 10.2. The summed E-state index contributed by atoms with van der Waals surface area (Å²) in [5, 5.41) is 7.73. The zero-order valence-electron chi connectivity index (χ0n) is 14.3. The summed E-state index contributed by atoms with van der Waals surface area (Å²) in [4.78, 5) is 12.0. The first kappa shape index (κ1) is 18.1. The van der Waals surface area contributed by atoms with Crippen LogP contribution in [0.25, 0.3) is 0 Å². The van der Waals surface area contributed by atoms with Crippen molar-refractivity contribution in [1.82, 2.24) is 10.2 Å². The Bertz CT molecular complexity index is 787. The highest BCUT2D eigenvalue weighted by atomic mass is 32.2. The lowest BCUT2D eigenvalue weighted by Gasteiger charge is -2.10. The lowest BCUT2D eigenvalue weighted by molar-refractivity contribution is 0.108. The molecule has 5 nitrogen and oxygen atoms in total. The molecule has 0 aliphatic heterocycles. The Morgan fingerprint density at radius 2 is 2.12 bits per heavy atom. The summed E-state index contributed by atoms with van der Waals surface area (Å²) in [5.74, 6) is 8.08. The molecule has 0 saturated carbocycles. The minimum Gasteiger partial charge on any atom is -0.496 e. The monoisotopic (exact) mass is 344 g/mol. The molecule has 1 aromatic heterocycles. The third-order valence-corrected chi connectivity index (χ3v) is 3.97. The average Bonchev–Trinajstić information content (AvgIpc) is 2.98. The first-order chi connectivity index (χ1) is 11.5. The number of thioether (sulfide) groups is 1. The predicted molar refractivity (Wildman–Crippen MR) is 94.4 cm³/mol. The molecule has 2 aromatic rings. The fourth-order valence-corrected chi connectivity index (χ4v) is 2.68. The van der Waals surface area contributed by atoms with E-state index in [1.807, 2.05) is 13.0 Å². The second-order valence-corrected chi connectivity index (χ2v) is 6.01. The van der Waals surface area contributed by atoms with E-state index < -0.39 is 0 Å². The maximum absolute atomic E-state index is 12.0. The molecule has 0 unspecified atom stereocenters. The maximum atomic E-state index is 12.0. The molecule has 0 radical (unpaired) electrons. The summed E-state index contributed by atoms with van der Waals surface area (Å²) >= 11 is 1.17. The number of hydrogen-bond acceptors (Lipinski definition) is 6. The van der Waals surface area contributed by atoms with Crippen LogP contribution in [0, 0.1) is 25.7 Å². The molecule has 0 aliphatic rings. The van der Waals surface area contributed by atoms with Crippen LogP contribution in [0.4, 0.5) is 0 Å². The van der Waals surface area contributed by atoms with Gasteiger partial charge in [-0.1, -0.05) is 23.6 Å². The molecule has 1 aromatic carbocycles. The number of hydrogen-bond donors (Lipinski definition) is 0. The van der Waals surface area contributed by atoms with Gasteiger partial charge in [0, 0.05) is 25.3 Å². The van der Waals surface area contributed by atoms with Gasteiger partial charge in [-0.15, -0.1) is 10.2 Å². The quantitative estimate of drug-likeness (QED) is 0.610.